The van der Waals surface area contributed by atoms with Crippen LogP contribution in [0.15, 0.2) is 12.1 Å². The van der Waals surface area contributed by atoms with Gasteiger partial charge >= 0.3 is 0 Å². The highest BCUT2D eigenvalue weighted by Gasteiger charge is 2.28. The monoisotopic (exact) mass is 448 g/mol. The third-order valence-electron chi connectivity index (χ3n) is 4.85. The lowest BCUT2D eigenvalue weighted by atomic mass is 10.1. The van der Waals surface area contributed by atoms with E-state index in [0.29, 0.717) is 29.6 Å². The van der Waals surface area contributed by atoms with Gasteiger partial charge in [-0.1, -0.05) is 25.4 Å². The summed E-state index contributed by atoms with van der Waals surface area (Å²) >= 11 is 5.85. The summed E-state index contributed by atoms with van der Waals surface area (Å²) in [5.41, 5.74) is 2.78. The maximum atomic E-state index is 10.2. The van der Waals surface area contributed by atoms with Crippen molar-refractivity contribution in [1.82, 2.24) is 19.7 Å². The van der Waals surface area contributed by atoms with E-state index in [1.54, 1.807) is 6.92 Å². The van der Waals surface area contributed by atoms with Crippen LogP contribution in [0, 0.1) is 0 Å². The Labute approximate surface area is 186 Å². The minimum absolute atomic E-state index is 0.0383. The zero-order chi connectivity index (χ0) is 22.9. The molecule has 10 heteroatoms. The smallest absolute Gasteiger partial charge is 0.205 e. The van der Waals surface area contributed by atoms with Crippen molar-refractivity contribution in [1.29, 1.82) is 0 Å². The number of halogens is 1. The van der Waals surface area contributed by atoms with Crippen molar-refractivity contribution in [3.63, 3.8) is 0 Å². The van der Waals surface area contributed by atoms with Gasteiger partial charge in [-0.05, 0) is 32.8 Å². The second kappa shape index (κ2) is 9.15. The van der Waals surface area contributed by atoms with Gasteiger partial charge in [0.05, 0.1) is 22.5 Å². The molecule has 168 valence electrons. The van der Waals surface area contributed by atoms with Gasteiger partial charge in [0.2, 0.25) is 5.95 Å². The van der Waals surface area contributed by atoms with Crippen LogP contribution >= 0.6 is 11.6 Å². The van der Waals surface area contributed by atoms with Crippen LogP contribution in [0.5, 0.6) is 11.5 Å². The highest BCUT2D eigenvalue weighted by Crippen LogP contribution is 2.38. The number of rotatable bonds is 8. The number of hydrogen-bond donors (Lipinski definition) is 5. The van der Waals surface area contributed by atoms with E-state index in [1.807, 2.05) is 18.4 Å². The number of anilines is 2. The number of benzene rings is 1. The lowest BCUT2D eigenvalue weighted by Crippen LogP contribution is -2.23. The van der Waals surface area contributed by atoms with Crippen LogP contribution in [0.3, 0.4) is 0 Å². The molecule has 3 rings (SSSR count). The molecule has 0 aliphatic carbocycles. The average Bonchev–Trinajstić information content (AvgIpc) is 3.12. The van der Waals surface area contributed by atoms with Crippen molar-refractivity contribution in [2.45, 2.75) is 59.2 Å². The lowest BCUT2D eigenvalue weighted by molar-refractivity contribution is 0.208. The molecule has 0 saturated heterocycles. The molecule has 0 radical (unpaired) electrons. The Morgan fingerprint density at radius 3 is 2.35 bits per heavy atom. The number of nitrogens with one attached hydrogen (secondary N) is 2. The van der Waals surface area contributed by atoms with E-state index < -0.39 is 6.10 Å². The molecule has 0 amide bonds. The third-order valence-corrected chi connectivity index (χ3v) is 5.15. The molecule has 31 heavy (non-hydrogen) atoms. The number of aliphatic hydroxyl groups is 1. The van der Waals surface area contributed by atoms with E-state index in [4.69, 9.17) is 16.6 Å². The summed E-state index contributed by atoms with van der Waals surface area (Å²) in [6.45, 7) is 10.4. The van der Waals surface area contributed by atoms with Gasteiger partial charge in [0, 0.05) is 30.8 Å². The standard InChI is InChI=1S/C21H29ClN6O3/c1-10(2)17-19-18(27-26-17)20(23-9-13-6-16(31)14(22)7-15(13)30)25-21(24-8-12(5)29)28(19)11(3)4/h6-7,10-12,23,29-31H,8-9H2,1-5H3,(H,24,25). The van der Waals surface area contributed by atoms with Gasteiger partial charge in [0.15, 0.2) is 11.5 Å². The zero-order valence-electron chi connectivity index (χ0n) is 18.3. The van der Waals surface area contributed by atoms with Gasteiger partial charge in [0.1, 0.15) is 11.5 Å². The summed E-state index contributed by atoms with van der Waals surface area (Å²) in [5.74, 6) is 1.05. The Bertz CT molecular complexity index is 1030. The second-order valence-corrected chi connectivity index (χ2v) is 8.61. The quantitative estimate of drug-likeness (QED) is 0.327. The number of aromatic hydroxyl groups is 2. The predicted octanol–water partition coefficient (Wildman–Crippen LogP) is 3.95. The van der Waals surface area contributed by atoms with Gasteiger partial charge in [-0.2, -0.15) is 10.1 Å². The highest BCUT2D eigenvalue weighted by molar-refractivity contribution is 6.32. The molecule has 0 fully saturated rings. The molecule has 1 aromatic rings. The topological polar surface area (TPSA) is 128 Å². The van der Waals surface area contributed by atoms with Gasteiger partial charge < -0.3 is 30.5 Å². The maximum absolute atomic E-state index is 10.2. The van der Waals surface area contributed by atoms with E-state index >= 15 is 0 Å². The second-order valence-electron chi connectivity index (χ2n) is 8.20. The number of nitrogens with zero attached hydrogens (tertiary/aromatic N) is 4. The Morgan fingerprint density at radius 1 is 1.03 bits per heavy atom. The molecule has 1 atom stereocenters. The molecule has 5 N–H and O–H groups in total. The van der Waals surface area contributed by atoms with Crippen LogP contribution in [0.4, 0.5) is 11.8 Å². The third kappa shape index (κ3) is 4.77. The van der Waals surface area contributed by atoms with Crippen LogP contribution in [0.25, 0.3) is 11.4 Å². The Hall–Kier alpha value is -2.78. The van der Waals surface area contributed by atoms with Gasteiger partial charge in [-0.3, -0.25) is 0 Å². The molecule has 0 spiro atoms. The lowest BCUT2D eigenvalue weighted by Gasteiger charge is -2.24. The molecule has 2 heterocycles. The summed E-state index contributed by atoms with van der Waals surface area (Å²) in [4.78, 5) is 4.71. The molecule has 0 aromatic heterocycles. The average molecular weight is 449 g/mol. The zero-order valence-corrected chi connectivity index (χ0v) is 19.1. The fourth-order valence-corrected chi connectivity index (χ4v) is 3.49. The van der Waals surface area contributed by atoms with E-state index in [2.05, 4.69) is 34.7 Å². The van der Waals surface area contributed by atoms with Crippen LogP contribution in [-0.2, 0) is 6.54 Å². The highest BCUT2D eigenvalue weighted by atomic mass is 35.5. The van der Waals surface area contributed by atoms with Crippen LogP contribution < -0.4 is 10.6 Å². The maximum Gasteiger partial charge on any atom is 0.205 e. The van der Waals surface area contributed by atoms with E-state index in [0.717, 1.165) is 11.4 Å². The molecule has 2 aliphatic heterocycles. The number of aliphatic hydroxyl groups excluding tert-OH is 1. The Morgan fingerprint density at radius 2 is 1.74 bits per heavy atom. The first kappa shape index (κ1) is 22.9. The van der Waals surface area contributed by atoms with Gasteiger partial charge in [-0.15, -0.1) is 5.10 Å². The molecular formula is C21H29ClN6O3. The van der Waals surface area contributed by atoms with Crippen molar-refractivity contribution in [3.05, 3.63) is 28.4 Å². The fourth-order valence-electron chi connectivity index (χ4n) is 3.33. The molecule has 0 saturated carbocycles. The number of phenols is 2. The van der Waals surface area contributed by atoms with Crippen molar-refractivity contribution in [2.24, 2.45) is 0 Å². The van der Waals surface area contributed by atoms with E-state index in [1.165, 1.54) is 12.1 Å². The number of fused-ring (bicyclic) bond motifs is 1. The minimum Gasteiger partial charge on any atom is -0.508 e. The first-order valence-electron chi connectivity index (χ1n) is 10.2. The first-order chi connectivity index (χ1) is 14.6. The molecule has 2 aliphatic rings. The largest absolute Gasteiger partial charge is 0.508 e. The molecular weight excluding hydrogens is 420 g/mol. The molecule has 1 aromatic carbocycles. The SMILES string of the molecule is CC(O)CNc1nc(NCc2cc(O)c(Cl)cc2O)c2nnc(C(C)C)c-2n1C(C)C. The van der Waals surface area contributed by atoms with Crippen molar-refractivity contribution in [2.75, 3.05) is 17.2 Å². The predicted molar refractivity (Wildman–Crippen MR) is 121 cm³/mol. The molecule has 1 unspecified atom stereocenters. The molecule has 0 bridgehead atoms. The van der Waals surface area contributed by atoms with Crippen molar-refractivity contribution in [3.8, 4) is 22.9 Å². The fraction of sp³-hybridized carbons (Fsp3) is 0.476. The van der Waals surface area contributed by atoms with E-state index in [9.17, 15) is 15.3 Å². The van der Waals surface area contributed by atoms with E-state index in [-0.39, 0.29) is 35.0 Å². The van der Waals surface area contributed by atoms with Crippen molar-refractivity contribution < 1.29 is 15.3 Å². The van der Waals surface area contributed by atoms with Gasteiger partial charge in [0.25, 0.3) is 0 Å². The number of hydrogen-bond acceptors (Lipinski definition) is 8. The first-order valence-corrected chi connectivity index (χ1v) is 10.6. The summed E-state index contributed by atoms with van der Waals surface area (Å²) in [6, 6.07) is 2.77. The normalized spacial score (nSPS) is 12.7. The van der Waals surface area contributed by atoms with Gasteiger partial charge in [-0.25, -0.2) is 0 Å². The van der Waals surface area contributed by atoms with Crippen molar-refractivity contribution >= 4 is 23.4 Å². The summed E-state index contributed by atoms with van der Waals surface area (Å²) in [7, 11) is 0. The summed E-state index contributed by atoms with van der Waals surface area (Å²) < 4.78 is 2.03. The van der Waals surface area contributed by atoms with Crippen LogP contribution in [-0.4, -0.2) is 47.7 Å². The minimum atomic E-state index is -0.552. The van der Waals surface area contributed by atoms with Crippen LogP contribution in [0.2, 0.25) is 5.02 Å². The number of phenolic OH excluding ortho intramolecular Hbond substituents is 2. The Balaban J connectivity index is 2.07. The summed E-state index contributed by atoms with van der Waals surface area (Å²) in [5, 5.41) is 45.1. The molecule has 9 nitrogen and oxygen atoms in total. The number of aromatic nitrogens is 4. The summed E-state index contributed by atoms with van der Waals surface area (Å²) in [6.07, 6.45) is -0.552. The Kier molecular flexibility index (Phi) is 6.76. The van der Waals surface area contributed by atoms with Crippen LogP contribution in [0.1, 0.15) is 57.8 Å².